The zero-order valence-electron chi connectivity index (χ0n) is 15.2. The minimum atomic E-state index is -4.34. The molecule has 2 saturated heterocycles. The number of piperidine rings is 1. The van der Waals surface area contributed by atoms with Gasteiger partial charge in [0.25, 0.3) is 0 Å². The van der Waals surface area contributed by atoms with Gasteiger partial charge in [0.2, 0.25) is 11.8 Å². The van der Waals surface area contributed by atoms with Crippen molar-refractivity contribution in [3.8, 4) is 0 Å². The largest absolute Gasteiger partial charge is 0.444 e. The monoisotopic (exact) mass is 374 g/mol. The van der Waals surface area contributed by atoms with E-state index >= 15 is 0 Å². The van der Waals surface area contributed by atoms with Crippen molar-refractivity contribution in [3.05, 3.63) is 17.3 Å². The second-order valence-corrected chi connectivity index (χ2v) is 7.09. The van der Waals surface area contributed by atoms with E-state index in [-0.39, 0.29) is 12.5 Å². The first kappa shape index (κ1) is 19.2. The molecule has 146 valence electrons. The van der Waals surface area contributed by atoms with E-state index in [0.29, 0.717) is 38.4 Å². The number of aromatic nitrogens is 1. The van der Waals surface area contributed by atoms with Crippen LogP contribution in [0.1, 0.15) is 30.2 Å². The molecular weight excluding hydrogens is 349 g/mol. The molecule has 2 fully saturated rings. The minimum absolute atomic E-state index is 0.192. The van der Waals surface area contributed by atoms with Crippen LogP contribution in [0.25, 0.3) is 0 Å². The van der Waals surface area contributed by atoms with Gasteiger partial charge in [-0.15, -0.1) is 0 Å². The van der Waals surface area contributed by atoms with Gasteiger partial charge in [0.1, 0.15) is 12.3 Å². The van der Waals surface area contributed by atoms with Crippen LogP contribution < -0.4 is 0 Å². The molecule has 0 aliphatic carbocycles. The van der Waals surface area contributed by atoms with Crippen LogP contribution >= 0.6 is 0 Å². The maximum atomic E-state index is 12.6. The lowest BCUT2D eigenvalue weighted by Gasteiger charge is -2.42. The SMILES string of the molecule is Cc1nc(CN2CCN([C@@H]3CCCN(CC(F)(F)F)C3=O)CC2)oc1C. The number of alkyl halides is 3. The molecule has 0 aromatic carbocycles. The van der Waals surface area contributed by atoms with E-state index in [9.17, 15) is 18.0 Å². The number of carbonyl (C=O) groups is 1. The number of carbonyl (C=O) groups excluding carboxylic acids is 1. The van der Waals surface area contributed by atoms with Gasteiger partial charge in [-0.3, -0.25) is 14.6 Å². The number of aryl methyl sites for hydroxylation is 2. The molecular formula is C17H25F3N4O2. The second kappa shape index (κ2) is 7.56. The first-order valence-corrected chi connectivity index (χ1v) is 8.98. The van der Waals surface area contributed by atoms with Crippen molar-refractivity contribution in [3.63, 3.8) is 0 Å². The molecule has 1 amide bonds. The summed E-state index contributed by atoms with van der Waals surface area (Å²) in [5.74, 6) is 1.11. The smallest absolute Gasteiger partial charge is 0.406 e. The number of oxazole rings is 1. The molecule has 1 aromatic heterocycles. The maximum absolute atomic E-state index is 12.6. The molecule has 1 atom stereocenters. The number of hydrogen-bond acceptors (Lipinski definition) is 5. The molecule has 3 heterocycles. The van der Waals surface area contributed by atoms with Crippen LogP contribution in [0.3, 0.4) is 0 Å². The van der Waals surface area contributed by atoms with Crippen LogP contribution in [-0.2, 0) is 11.3 Å². The number of likely N-dealkylation sites (tertiary alicyclic amines) is 1. The highest BCUT2D eigenvalue weighted by atomic mass is 19.4. The molecule has 0 bridgehead atoms. The van der Waals surface area contributed by atoms with Crippen molar-refractivity contribution < 1.29 is 22.4 Å². The second-order valence-electron chi connectivity index (χ2n) is 7.09. The van der Waals surface area contributed by atoms with Crippen molar-refractivity contribution in [2.24, 2.45) is 0 Å². The summed E-state index contributed by atoms with van der Waals surface area (Å²) >= 11 is 0. The van der Waals surface area contributed by atoms with Gasteiger partial charge in [-0.1, -0.05) is 0 Å². The summed E-state index contributed by atoms with van der Waals surface area (Å²) in [6.07, 6.45) is -3.10. The first-order valence-electron chi connectivity index (χ1n) is 8.98. The molecule has 0 N–H and O–H groups in total. The van der Waals surface area contributed by atoms with Crippen LogP contribution in [0, 0.1) is 13.8 Å². The fourth-order valence-corrected chi connectivity index (χ4v) is 3.66. The molecule has 0 unspecified atom stereocenters. The number of piperazine rings is 1. The highest BCUT2D eigenvalue weighted by Crippen LogP contribution is 2.24. The van der Waals surface area contributed by atoms with Crippen molar-refractivity contribution in [1.29, 1.82) is 0 Å². The zero-order chi connectivity index (χ0) is 18.9. The van der Waals surface area contributed by atoms with Gasteiger partial charge in [0.05, 0.1) is 18.3 Å². The van der Waals surface area contributed by atoms with Crippen LogP contribution in [0.5, 0.6) is 0 Å². The lowest BCUT2D eigenvalue weighted by Crippen LogP contribution is -2.58. The molecule has 0 saturated carbocycles. The fraction of sp³-hybridized carbons (Fsp3) is 0.765. The first-order chi connectivity index (χ1) is 12.2. The molecule has 2 aliphatic heterocycles. The Morgan fingerprint density at radius 1 is 1.15 bits per heavy atom. The fourth-order valence-electron chi connectivity index (χ4n) is 3.66. The summed E-state index contributed by atoms with van der Waals surface area (Å²) in [5, 5.41) is 0. The van der Waals surface area contributed by atoms with E-state index in [1.165, 1.54) is 0 Å². The molecule has 9 heteroatoms. The van der Waals surface area contributed by atoms with Crippen LogP contribution in [-0.4, -0.2) is 77.1 Å². The van der Waals surface area contributed by atoms with E-state index in [2.05, 4.69) is 9.88 Å². The predicted octanol–water partition coefficient (Wildman–Crippen LogP) is 1.96. The molecule has 3 rings (SSSR count). The number of amides is 1. The summed E-state index contributed by atoms with van der Waals surface area (Å²) in [5.41, 5.74) is 0.885. The Morgan fingerprint density at radius 3 is 2.42 bits per heavy atom. The number of nitrogens with zero attached hydrogens (tertiary/aromatic N) is 4. The number of halogens is 3. The van der Waals surface area contributed by atoms with Crippen LogP contribution in [0.2, 0.25) is 0 Å². The maximum Gasteiger partial charge on any atom is 0.406 e. The van der Waals surface area contributed by atoms with E-state index < -0.39 is 18.8 Å². The third-order valence-electron chi connectivity index (χ3n) is 5.15. The molecule has 6 nitrogen and oxygen atoms in total. The predicted molar refractivity (Wildman–Crippen MR) is 88.5 cm³/mol. The zero-order valence-corrected chi connectivity index (χ0v) is 15.2. The molecule has 26 heavy (non-hydrogen) atoms. The van der Waals surface area contributed by atoms with Gasteiger partial charge in [-0.25, -0.2) is 4.98 Å². The Hall–Kier alpha value is -1.61. The summed E-state index contributed by atoms with van der Waals surface area (Å²) in [7, 11) is 0. The molecule has 1 aromatic rings. The lowest BCUT2D eigenvalue weighted by atomic mass is 10.0. The Bertz CT molecular complexity index is 619. The van der Waals surface area contributed by atoms with E-state index in [4.69, 9.17) is 4.42 Å². The highest BCUT2D eigenvalue weighted by molar-refractivity contribution is 5.82. The van der Waals surface area contributed by atoms with Gasteiger partial charge in [0, 0.05) is 32.7 Å². The quantitative estimate of drug-likeness (QED) is 0.807. The molecule has 0 spiro atoms. The van der Waals surface area contributed by atoms with Gasteiger partial charge in [0.15, 0.2) is 0 Å². The average molecular weight is 374 g/mol. The Balaban J connectivity index is 1.53. The van der Waals surface area contributed by atoms with E-state index in [1.807, 2.05) is 18.7 Å². The van der Waals surface area contributed by atoms with E-state index in [1.54, 1.807) is 0 Å². The van der Waals surface area contributed by atoms with Crippen LogP contribution in [0.4, 0.5) is 13.2 Å². The number of rotatable bonds is 4. The topological polar surface area (TPSA) is 52.8 Å². The van der Waals surface area contributed by atoms with Crippen molar-refractivity contribution in [2.45, 2.75) is 45.5 Å². The average Bonchev–Trinajstić information content (AvgIpc) is 2.87. The number of hydrogen-bond donors (Lipinski definition) is 0. The Kier molecular flexibility index (Phi) is 5.57. The summed E-state index contributed by atoms with van der Waals surface area (Å²) < 4.78 is 43.5. The van der Waals surface area contributed by atoms with Crippen molar-refractivity contribution in [1.82, 2.24) is 19.7 Å². The molecule has 0 radical (unpaired) electrons. The van der Waals surface area contributed by atoms with E-state index in [0.717, 1.165) is 29.4 Å². The summed E-state index contributed by atoms with van der Waals surface area (Å²) in [6.45, 7) is 6.24. The Morgan fingerprint density at radius 2 is 1.85 bits per heavy atom. The third kappa shape index (κ3) is 4.56. The van der Waals surface area contributed by atoms with Crippen LogP contribution in [0.15, 0.2) is 4.42 Å². The summed E-state index contributed by atoms with van der Waals surface area (Å²) in [6, 6.07) is -0.431. The summed E-state index contributed by atoms with van der Waals surface area (Å²) in [4.78, 5) is 22.0. The van der Waals surface area contributed by atoms with Gasteiger partial charge in [-0.05, 0) is 26.7 Å². The Labute approximate surface area is 150 Å². The normalized spacial score (nSPS) is 23.7. The standard InChI is InChI=1S/C17H25F3N4O2/c1-12-13(2)26-15(21-12)10-22-6-8-23(9-7-22)14-4-3-5-24(16(14)25)11-17(18,19)20/h14H,3-11H2,1-2H3/t14-/m1/s1. The van der Waals surface area contributed by atoms with Gasteiger partial charge >= 0.3 is 6.18 Å². The van der Waals surface area contributed by atoms with Gasteiger partial charge < -0.3 is 9.32 Å². The highest BCUT2D eigenvalue weighted by Gasteiger charge is 2.39. The van der Waals surface area contributed by atoms with Gasteiger partial charge in [-0.2, -0.15) is 13.2 Å². The lowest BCUT2D eigenvalue weighted by molar-refractivity contribution is -0.168. The molecule has 2 aliphatic rings. The third-order valence-corrected chi connectivity index (χ3v) is 5.15. The minimum Gasteiger partial charge on any atom is -0.444 e. The van der Waals surface area contributed by atoms with Crippen molar-refractivity contribution in [2.75, 3.05) is 39.3 Å². The van der Waals surface area contributed by atoms with Crippen molar-refractivity contribution >= 4 is 5.91 Å².